The molecule has 1 fully saturated rings. The molecular formula is C22H28N2O6S2. The first kappa shape index (κ1) is 24.2. The topological polar surface area (TPSA) is 101 Å². The summed E-state index contributed by atoms with van der Waals surface area (Å²) in [6.07, 6.45) is 0. The Labute approximate surface area is 189 Å². The van der Waals surface area contributed by atoms with Gasteiger partial charge in [0.1, 0.15) is 10.6 Å². The first-order valence-corrected chi connectivity index (χ1v) is 13.2. The molecule has 2 aromatic rings. The number of amides is 1. The molecule has 174 valence electrons. The quantitative estimate of drug-likeness (QED) is 0.604. The lowest BCUT2D eigenvalue weighted by Gasteiger charge is -2.27. The molecule has 1 amide bonds. The molecule has 1 aliphatic rings. The molecule has 10 heteroatoms. The minimum absolute atomic E-state index is 0.0247. The van der Waals surface area contributed by atoms with E-state index in [0.717, 1.165) is 5.56 Å². The van der Waals surface area contributed by atoms with Crippen molar-refractivity contribution in [2.24, 2.45) is 5.41 Å². The summed E-state index contributed by atoms with van der Waals surface area (Å²) in [4.78, 5) is 12.6. The van der Waals surface area contributed by atoms with Crippen LogP contribution in [0.25, 0.3) is 0 Å². The van der Waals surface area contributed by atoms with Gasteiger partial charge in [0.05, 0.1) is 24.0 Å². The summed E-state index contributed by atoms with van der Waals surface area (Å²) in [6.45, 7) is 6.74. The van der Waals surface area contributed by atoms with Gasteiger partial charge in [0, 0.05) is 12.6 Å². The number of methoxy groups -OCH3 is 1. The van der Waals surface area contributed by atoms with Gasteiger partial charge in [-0.15, -0.1) is 0 Å². The fraction of sp³-hybridized carbons (Fsp3) is 0.409. The first-order valence-electron chi connectivity index (χ1n) is 10.1. The maximum atomic E-state index is 13.7. The SMILES string of the molecule is COc1ccc(N2C(=O)C(C)(C)CS2(=O)=O)cc1S(=O)(=O)N(Cc1ccccc1)C(C)C. The predicted octanol–water partition coefficient (Wildman–Crippen LogP) is 3.00. The fourth-order valence-corrected chi connectivity index (χ4v) is 7.59. The minimum Gasteiger partial charge on any atom is -0.495 e. The van der Waals surface area contributed by atoms with E-state index in [4.69, 9.17) is 4.74 Å². The molecule has 0 radical (unpaired) electrons. The van der Waals surface area contributed by atoms with Crippen LogP contribution in [-0.2, 0) is 31.4 Å². The Morgan fingerprint density at radius 2 is 1.75 bits per heavy atom. The van der Waals surface area contributed by atoms with E-state index in [2.05, 4.69) is 0 Å². The Bertz CT molecular complexity index is 1220. The van der Waals surface area contributed by atoms with E-state index in [0.29, 0.717) is 4.31 Å². The summed E-state index contributed by atoms with van der Waals surface area (Å²) in [5.41, 5.74) is -0.322. The Morgan fingerprint density at radius 1 is 1.12 bits per heavy atom. The molecule has 0 bridgehead atoms. The Kier molecular flexibility index (Phi) is 6.43. The molecule has 0 aromatic heterocycles. The molecule has 1 saturated heterocycles. The van der Waals surface area contributed by atoms with Crippen molar-refractivity contribution in [1.82, 2.24) is 4.31 Å². The van der Waals surface area contributed by atoms with Crippen molar-refractivity contribution in [3.05, 3.63) is 54.1 Å². The minimum atomic E-state index is -4.10. The van der Waals surface area contributed by atoms with Crippen LogP contribution >= 0.6 is 0 Å². The van der Waals surface area contributed by atoms with Crippen LogP contribution in [0.3, 0.4) is 0 Å². The summed E-state index contributed by atoms with van der Waals surface area (Å²) in [5.74, 6) is -0.884. The van der Waals surface area contributed by atoms with Gasteiger partial charge in [-0.3, -0.25) is 4.79 Å². The van der Waals surface area contributed by atoms with Crippen molar-refractivity contribution in [3.8, 4) is 5.75 Å². The van der Waals surface area contributed by atoms with Gasteiger partial charge in [-0.25, -0.2) is 21.1 Å². The number of nitrogens with zero attached hydrogens (tertiary/aromatic N) is 2. The van der Waals surface area contributed by atoms with Crippen LogP contribution in [0.2, 0.25) is 0 Å². The number of anilines is 1. The van der Waals surface area contributed by atoms with Crippen LogP contribution in [0, 0.1) is 5.41 Å². The summed E-state index contributed by atoms with van der Waals surface area (Å²) < 4.78 is 60.1. The van der Waals surface area contributed by atoms with Crippen LogP contribution in [-0.4, -0.2) is 46.0 Å². The maximum Gasteiger partial charge on any atom is 0.247 e. The zero-order valence-electron chi connectivity index (χ0n) is 18.8. The maximum absolute atomic E-state index is 13.7. The molecule has 0 N–H and O–H groups in total. The van der Waals surface area contributed by atoms with E-state index in [1.54, 1.807) is 27.7 Å². The van der Waals surface area contributed by atoms with E-state index in [9.17, 15) is 21.6 Å². The average molecular weight is 481 g/mol. The van der Waals surface area contributed by atoms with E-state index < -0.39 is 31.4 Å². The Morgan fingerprint density at radius 3 is 2.25 bits per heavy atom. The predicted molar refractivity (Wildman–Crippen MR) is 122 cm³/mol. The molecule has 8 nitrogen and oxygen atoms in total. The van der Waals surface area contributed by atoms with Crippen LogP contribution in [0.4, 0.5) is 5.69 Å². The zero-order chi connectivity index (χ0) is 23.9. The highest BCUT2D eigenvalue weighted by atomic mass is 32.2. The number of sulfonamides is 2. The number of rotatable bonds is 7. The number of benzene rings is 2. The van der Waals surface area contributed by atoms with E-state index in [-0.39, 0.29) is 34.7 Å². The van der Waals surface area contributed by atoms with E-state index >= 15 is 0 Å². The van der Waals surface area contributed by atoms with Gasteiger partial charge in [-0.2, -0.15) is 4.31 Å². The second kappa shape index (κ2) is 8.49. The lowest BCUT2D eigenvalue weighted by molar-refractivity contribution is -0.123. The van der Waals surface area contributed by atoms with Crippen molar-refractivity contribution in [2.75, 3.05) is 17.2 Å². The van der Waals surface area contributed by atoms with Crippen LogP contribution in [0.15, 0.2) is 53.4 Å². The van der Waals surface area contributed by atoms with Crippen molar-refractivity contribution >= 4 is 31.6 Å². The number of carbonyl (C=O) groups excluding carboxylic acids is 1. The lowest BCUT2D eigenvalue weighted by Crippen LogP contribution is -2.37. The van der Waals surface area contributed by atoms with Gasteiger partial charge in [0.25, 0.3) is 0 Å². The molecule has 0 unspecified atom stereocenters. The molecule has 2 aromatic carbocycles. The van der Waals surface area contributed by atoms with Gasteiger partial charge in [-0.1, -0.05) is 30.3 Å². The van der Waals surface area contributed by atoms with Gasteiger partial charge >= 0.3 is 0 Å². The van der Waals surface area contributed by atoms with Gasteiger partial charge in [0.15, 0.2) is 0 Å². The molecule has 3 rings (SSSR count). The molecular weight excluding hydrogens is 452 g/mol. The van der Waals surface area contributed by atoms with Gasteiger partial charge < -0.3 is 4.74 Å². The van der Waals surface area contributed by atoms with Crippen LogP contribution < -0.4 is 9.04 Å². The normalized spacial score (nSPS) is 17.8. The summed E-state index contributed by atoms with van der Waals surface area (Å²) >= 11 is 0. The largest absolute Gasteiger partial charge is 0.495 e. The van der Waals surface area contributed by atoms with Crippen molar-refractivity contribution < 1.29 is 26.4 Å². The second-order valence-corrected chi connectivity index (χ2v) is 12.4. The van der Waals surface area contributed by atoms with E-state index in [1.165, 1.54) is 29.6 Å². The van der Waals surface area contributed by atoms with Crippen molar-refractivity contribution in [2.45, 2.75) is 45.2 Å². The Hall–Kier alpha value is -2.43. The highest BCUT2D eigenvalue weighted by Gasteiger charge is 2.50. The molecule has 0 aliphatic carbocycles. The number of carbonyl (C=O) groups is 1. The Balaban J connectivity index is 2.13. The zero-order valence-corrected chi connectivity index (χ0v) is 20.4. The highest BCUT2D eigenvalue weighted by Crippen LogP contribution is 2.39. The standard InChI is InChI=1S/C22H28N2O6S2/c1-16(2)23(14-17-9-7-6-8-10-17)32(28,29)20-13-18(11-12-19(20)30-5)24-21(25)22(3,4)15-31(24,26)27/h6-13,16H,14-15H2,1-5H3. The smallest absolute Gasteiger partial charge is 0.247 e. The summed E-state index contributed by atoms with van der Waals surface area (Å²) in [5, 5.41) is 0. The van der Waals surface area contributed by atoms with Crippen LogP contribution in [0.1, 0.15) is 33.3 Å². The average Bonchev–Trinajstić information content (AvgIpc) is 2.88. The van der Waals surface area contributed by atoms with Crippen LogP contribution in [0.5, 0.6) is 5.75 Å². The first-order chi connectivity index (χ1) is 14.8. The summed E-state index contributed by atoms with van der Waals surface area (Å²) in [7, 11) is -6.69. The van der Waals surface area contributed by atoms with E-state index in [1.807, 2.05) is 30.3 Å². The number of hydrogen-bond acceptors (Lipinski definition) is 6. The van der Waals surface area contributed by atoms with Gasteiger partial charge in [-0.05, 0) is 51.5 Å². The molecule has 0 spiro atoms. The summed E-state index contributed by atoms with van der Waals surface area (Å²) in [6, 6.07) is 12.7. The lowest BCUT2D eigenvalue weighted by atomic mass is 9.95. The van der Waals surface area contributed by atoms with Crippen molar-refractivity contribution in [3.63, 3.8) is 0 Å². The third-order valence-corrected chi connectivity index (χ3v) is 9.37. The highest BCUT2D eigenvalue weighted by molar-refractivity contribution is 7.94. The monoisotopic (exact) mass is 480 g/mol. The number of hydrogen-bond donors (Lipinski definition) is 0. The molecule has 0 saturated carbocycles. The third kappa shape index (κ3) is 4.39. The second-order valence-electron chi connectivity index (χ2n) is 8.67. The molecule has 32 heavy (non-hydrogen) atoms. The fourth-order valence-electron chi connectivity index (χ4n) is 3.69. The molecule has 1 aliphatic heterocycles. The molecule has 0 atom stereocenters. The van der Waals surface area contributed by atoms with Crippen molar-refractivity contribution in [1.29, 1.82) is 0 Å². The van der Waals surface area contributed by atoms with Gasteiger partial charge in [0.2, 0.25) is 26.0 Å². The molecule has 1 heterocycles. The third-order valence-electron chi connectivity index (χ3n) is 5.31. The number of ether oxygens (including phenoxy) is 1.